The number of rotatable bonds is 4. The Morgan fingerprint density at radius 2 is 2.16 bits per heavy atom. The van der Waals surface area contributed by atoms with E-state index in [1.54, 1.807) is 0 Å². The maximum Gasteiger partial charge on any atom is 0.0764 e. The Kier molecular flexibility index (Phi) is 4.18. The molecule has 1 aliphatic heterocycles. The number of nitrogens with zero attached hydrogens (tertiary/aromatic N) is 3. The van der Waals surface area contributed by atoms with Crippen LogP contribution in [0.2, 0.25) is 0 Å². The summed E-state index contributed by atoms with van der Waals surface area (Å²) in [5.74, 6) is 0. The third-order valence-electron chi connectivity index (χ3n) is 4.68. The third-order valence-corrected chi connectivity index (χ3v) is 4.68. The van der Waals surface area contributed by atoms with Gasteiger partial charge in [-0.05, 0) is 38.9 Å². The first kappa shape index (κ1) is 13.1. The SMILES string of the molecule is CN(Cc1ccn(C2CCCCC2)n1)C1CCNC1. The lowest BCUT2D eigenvalue weighted by molar-refractivity contribution is 0.243. The Bertz CT molecular complexity index is 389. The van der Waals surface area contributed by atoms with Gasteiger partial charge in [0.15, 0.2) is 0 Å². The molecule has 0 spiro atoms. The van der Waals surface area contributed by atoms with Gasteiger partial charge in [0.05, 0.1) is 11.7 Å². The van der Waals surface area contributed by atoms with Crippen molar-refractivity contribution >= 4 is 0 Å². The van der Waals surface area contributed by atoms with Crippen LogP contribution in [0, 0.1) is 0 Å². The quantitative estimate of drug-likeness (QED) is 0.903. The molecule has 2 aliphatic rings. The minimum Gasteiger partial charge on any atom is -0.315 e. The molecule has 1 saturated heterocycles. The Morgan fingerprint density at radius 3 is 2.89 bits per heavy atom. The summed E-state index contributed by atoms with van der Waals surface area (Å²) in [6.07, 6.45) is 10.2. The average Bonchev–Trinajstić information content (AvgIpc) is 3.11. The van der Waals surface area contributed by atoms with E-state index in [4.69, 9.17) is 5.10 Å². The summed E-state index contributed by atoms with van der Waals surface area (Å²) in [5.41, 5.74) is 1.22. The van der Waals surface area contributed by atoms with Crippen molar-refractivity contribution in [2.75, 3.05) is 20.1 Å². The normalized spacial score (nSPS) is 25.3. The second-order valence-electron chi connectivity index (χ2n) is 6.14. The third kappa shape index (κ3) is 3.18. The second-order valence-corrected chi connectivity index (χ2v) is 6.14. The lowest BCUT2D eigenvalue weighted by atomic mass is 9.96. The molecule has 1 saturated carbocycles. The summed E-state index contributed by atoms with van der Waals surface area (Å²) in [6.45, 7) is 3.26. The van der Waals surface area contributed by atoms with E-state index < -0.39 is 0 Å². The van der Waals surface area contributed by atoms with Gasteiger partial charge in [-0.1, -0.05) is 19.3 Å². The van der Waals surface area contributed by atoms with Crippen molar-refractivity contribution in [1.29, 1.82) is 0 Å². The van der Waals surface area contributed by atoms with Crippen LogP contribution in [0.5, 0.6) is 0 Å². The van der Waals surface area contributed by atoms with Gasteiger partial charge in [-0.2, -0.15) is 5.10 Å². The van der Waals surface area contributed by atoms with Crippen molar-refractivity contribution in [3.05, 3.63) is 18.0 Å². The van der Waals surface area contributed by atoms with E-state index in [2.05, 4.69) is 34.2 Å². The minimum absolute atomic E-state index is 0.654. The molecule has 1 aromatic heterocycles. The van der Waals surface area contributed by atoms with Crippen LogP contribution in [0.1, 0.15) is 50.3 Å². The van der Waals surface area contributed by atoms with Crippen LogP contribution in [0.15, 0.2) is 12.3 Å². The molecule has 2 fully saturated rings. The monoisotopic (exact) mass is 262 g/mol. The topological polar surface area (TPSA) is 33.1 Å². The molecule has 4 heteroatoms. The Labute approximate surface area is 116 Å². The van der Waals surface area contributed by atoms with Gasteiger partial charge in [-0.3, -0.25) is 9.58 Å². The molecule has 3 rings (SSSR count). The fourth-order valence-electron chi connectivity index (χ4n) is 3.41. The van der Waals surface area contributed by atoms with Gasteiger partial charge in [0.25, 0.3) is 0 Å². The number of hydrogen-bond acceptors (Lipinski definition) is 3. The predicted molar refractivity (Wildman–Crippen MR) is 77.1 cm³/mol. The molecule has 1 unspecified atom stereocenters. The lowest BCUT2D eigenvalue weighted by Gasteiger charge is -2.23. The summed E-state index contributed by atoms with van der Waals surface area (Å²) < 4.78 is 2.22. The highest BCUT2D eigenvalue weighted by Gasteiger charge is 2.20. The van der Waals surface area contributed by atoms with E-state index in [1.165, 1.54) is 44.2 Å². The first-order valence-corrected chi connectivity index (χ1v) is 7.78. The molecule has 1 aliphatic carbocycles. The van der Waals surface area contributed by atoms with Gasteiger partial charge in [-0.15, -0.1) is 0 Å². The van der Waals surface area contributed by atoms with Crippen molar-refractivity contribution in [2.45, 2.75) is 57.2 Å². The summed E-state index contributed by atoms with van der Waals surface area (Å²) in [6, 6.07) is 3.54. The fourth-order valence-corrected chi connectivity index (χ4v) is 3.41. The van der Waals surface area contributed by atoms with Crippen LogP contribution in [-0.4, -0.2) is 40.9 Å². The Hall–Kier alpha value is -0.870. The summed E-state index contributed by atoms with van der Waals surface area (Å²) in [7, 11) is 2.22. The number of likely N-dealkylation sites (N-methyl/N-ethyl adjacent to an activating group) is 1. The van der Waals surface area contributed by atoms with Gasteiger partial charge < -0.3 is 5.32 Å². The van der Waals surface area contributed by atoms with Crippen molar-refractivity contribution < 1.29 is 0 Å². The number of hydrogen-bond donors (Lipinski definition) is 1. The van der Waals surface area contributed by atoms with Gasteiger partial charge in [0.2, 0.25) is 0 Å². The maximum atomic E-state index is 4.80. The maximum absolute atomic E-state index is 4.80. The number of nitrogens with one attached hydrogen (secondary N) is 1. The molecule has 106 valence electrons. The van der Waals surface area contributed by atoms with E-state index in [0.717, 1.165) is 19.6 Å². The van der Waals surface area contributed by atoms with Gasteiger partial charge in [0, 0.05) is 25.3 Å². The highest BCUT2D eigenvalue weighted by molar-refractivity contribution is 5.00. The Balaban J connectivity index is 1.57. The summed E-state index contributed by atoms with van der Waals surface area (Å²) in [5, 5.41) is 8.23. The zero-order valence-corrected chi connectivity index (χ0v) is 12.0. The molecular weight excluding hydrogens is 236 g/mol. The molecule has 1 atom stereocenters. The van der Waals surface area contributed by atoms with Crippen LogP contribution in [0.25, 0.3) is 0 Å². The molecule has 0 amide bonds. The van der Waals surface area contributed by atoms with E-state index in [9.17, 15) is 0 Å². The van der Waals surface area contributed by atoms with Gasteiger partial charge in [-0.25, -0.2) is 0 Å². The highest BCUT2D eigenvalue weighted by Crippen LogP contribution is 2.27. The van der Waals surface area contributed by atoms with Crippen LogP contribution < -0.4 is 5.32 Å². The molecule has 1 N–H and O–H groups in total. The van der Waals surface area contributed by atoms with E-state index in [-0.39, 0.29) is 0 Å². The fraction of sp³-hybridized carbons (Fsp3) is 0.800. The lowest BCUT2D eigenvalue weighted by Crippen LogP contribution is -2.33. The minimum atomic E-state index is 0.654. The van der Waals surface area contributed by atoms with Crippen LogP contribution in [-0.2, 0) is 6.54 Å². The molecule has 0 bridgehead atoms. The van der Waals surface area contributed by atoms with E-state index in [1.807, 2.05) is 0 Å². The Morgan fingerprint density at radius 1 is 1.32 bits per heavy atom. The molecule has 0 aromatic carbocycles. The van der Waals surface area contributed by atoms with Crippen molar-refractivity contribution in [1.82, 2.24) is 20.0 Å². The largest absolute Gasteiger partial charge is 0.315 e. The molecule has 0 radical (unpaired) electrons. The molecular formula is C15H26N4. The van der Waals surface area contributed by atoms with Crippen LogP contribution in [0.4, 0.5) is 0 Å². The zero-order chi connectivity index (χ0) is 13.1. The molecule has 2 heterocycles. The van der Waals surface area contributed by atoms with Crippen molar-refractivity contribution in [3.8, 4) is 0 Å². The second kappa shape index (κ2) is 6.06. The van der Waals surface area contributed by atoms with Crippen LogP contribution in [0.3, 0.4) is 0 Å². The van der Waals surface area contributed by atoms with Crippen LogP contribution >= 0.6 is 0 Å². The summed E-state index contributed by atoms with van der Waals surface area (Å²) >= 11 is 0. The van der Waals surface area contributed by atoms with Gasteiger partial charge >= 0.3 is 0 Å². The first-order valence-electron chi connectivity index (χ1n) is 7.78. The highest BCUT2D eigenvalue weighted by atomic mass is 15.3. The number of aromatic nitrogens is 2. The standard InChI is InChI=1S/C15H26N4/c1-18(15-7-9-16-11-15)12-13-8-10-19(17-13)14-5-3-2-4-6-14/h8,10,14-16H,2-7,9,11-12H2,1H3. The summed E-state index contributed by atoms with van der Waals surface area (Å²) in [4.78, 5) is 2.44. The average molecular weight is 262 g/mol. The van der Waals surface area contributed by atoms with E-state index in [0.29, 0.717) is 12.1 Å². The van der Waals surface area contributed by atoms with Crippen molar-refractivity contribution in [3.63, 3.8) is 0 Å². The van der Waals surface area contributed by atoms with E-state index >= 15 is 0 Å². The molecule has 4 nitrogen and oxygen atoms in total. The first-order chi connectivity index (χ1) is 9.33. The van der Waals surface area contributed by atoms with Gasteiger partial charge in [0.1, 0.15) is 0 Å². The molecule has 19 heavy (non-hydrogen) atoms. The molecule has 1 aromatic rings. The smallest absolute Gasteiger partial charge is 0.0764 e. The predicted octanol–water partition coefficient (Wildman–Crippen LogP) is 2.18. The van der Waals surface area contributed by atoms with Crippen molar-refractivity contribution in [2.24, 2.45) is 0 Å². The zero-order valence-electron chi connectivity index (χ0n) is 12.0.